The lowest BCUT2D eigenvalue weighted by molar-refractivity contribution is 0.162. The third kappa shape index (κ3) is 6.11. The highest BCUT2D eigenvalue weighted by Crippen LogP contribution is 2.16. The molecule has 1 aromatic rings. The maximum absolute atomic E-state index is 12.2. The van der Waals surface area contributed by atoms with Crippen molar-refractivity contribution in [2.75, 3.05) is 40.4 Å². The number of rotatable bonds is 9. The number of nitrogens with zero attached hydrogens (tertiary/aromatic N) is 1. The first kappa shape index (κ1) is 18.1. The molecule has 0 spiro atoms. The molecule has 120 valence electrons. The third-order valence-corrected chi connectivity index (χ3v) is 4.57. The van der Waals surface area contributed by atoms with E-state index in [9.17, 15) is 13.5 Å². The first-order chi connectivity index (χ1) is 9.86. The van der Waals surface area contributed by atoms with Crippen LogP contribution in [-0.2, 0) is 14.8 Å². The van der Waals surface area contributed by atoms with Crippen molar-refractivity contribution in [3.63, 3.8) is 0 Å². The highest BCUT2D eigenvalue weighted by atomic mass is 32.2. The largest absolute Gasteiger partial charge is 0.389 e. The van der Waals surface area contributed by atoms with Crippen LogP contribution in [0.3, 0.4) is 0 Å². The minimum absolute atomic E-state index is 0.167. The lowest BCUT2D eigenvalue weighted by atomic mass is 10.1. The van der Waals surface area contributed by atoms with Gasteiger partial charge in [0.2, 0.25) is 10.0 Å². The smallest absolute Gasteiger partial charge is 0.240 e. The van der Waals surface area contributed by atoms with Gasteiger partial charge >= 0.3 is 0 Å². The number of likely N-dealkylation sites (N-methyl/N-ethyl adjacent to an activating group) is 1. The average Bonchev–Trinajstić information content (AvgIpc) is 2.45. The Bertz CT molecular complexity index is 532. The highest BCUT2D eigenvalue weighted by Gasteiger charge is 2.15. The summed E-state index contributed by atoms with van der Waals surface area (Å²) in [4.78, 5) is 2.15. The van der Waals surface area contributed by atoms with Crippen molar-refractivity contribution in [3.05, 3.63) is 29.8 Å². The second-order valence-corrected chi connectivity index (χ2v) is 6.71. The fourth-order valence-electron chi connectivity index (χ4n) is 1.75. The lowest BCUT2D eigenvalue weighted by Gasteiger charge is -2.16. The predicted octanol–water partition coefficient (Wildman–Crippen LogP) is 0.596. The molecule has 0 aliphatic heterocycles. The summed E-state index contributed by atoms with van der Waals surface area (Å²) < 4.78 is 31.9. The summed E-state index contributed by atoms with van der Waals surface area (Å²) in [5.74, 6) is 0. The molecule has 1 atom stereocenters. The summed E-state index contributed by atoms with van der Waals surface area (Å²) in [6.07, 6.45) is -0.694. The van der Waals surface area contributed by atoms with Gasteiger partial charge in [0.05, 0.1) is 17.6 Å². The molecule has 1 rings (SSSR count). The van der Waals surface area contributed by atoms with Crippen LogP contribution in [0.25, 0.3) is 0 Å². The molecular formula is C14H24N2O4S. The molecule has 0 radical (unpaired) electrons. The zero-order chi connectivity index (χ0) is 15.9. The van der Waals surface area contributed by atoms with Gasteiger partial charge in [-0.05, 0) is 31.7 Å². The van der Waals surface area contributed by atoms with E-state index in [1.54, 1.807) is 26.2 Å². The van der Waals surface area contributed by atoms with Gasteiger partial charge in [-0.1, -0.05) is 12.1 Å². The van der Waals surface area contributed by atoms with Crippen LogP contribution in [0.2, 0.25) is 0 Å². The van der Waals surface area contributed by atoms with E-state index in [1.807, 2.05) is 11.9 Å². The highest BCUT2D eigenvalue weighted by molar-refractivity contribution is 7.89. The minimum atomic E-state index is -3.55. The van der Waals surface area contributed by atoms with Gasteiger partial charge in [0.1, 0.15) is 0 Å². The third-order valence-electron chi connectivity index (χ3n) is 3.11. The molecule has 0 aromatic heterocycles. The van der Waals surface area contributed by atoms with Crippen LogP contribution < -0.4 is 4.72 Å². The molecule has 0 amide bonds. The quantitative estimate of drug-likeness (QED) is 0.697. The summed E-state index contributed by atoms with van der Waals surface area (Å²) in [5.41, 5.74) is 0.579. The van der Waals surface area contributed by atoms with Crippen LogP contribution in [0, 0.1) is 0 Å². The molecule has 0 bridgehead atoms. The van der Waals surface area contributed by atoms with Gasteiger partial charge in [-0.2, -0.15) is 0 Å². The number of aliphatic hydroxyl groups is 1. The van der Waals surface area contributed by atoms with Gasteiger partial charge in [0.25, 0.3) is 0 Å². The van der Waals surface area contributed by atoms with Gasteiger partial charge in [-0.3, -0.25) is 0 Å². The fourth-order valence-corrected chi connectivity index (χ4v) is 2.83. The Labute approximate surface area is 126 Å². The number of benzene rings is 1. The summed E-state index contributed by atoms with van der Waals surface area (Å²) in [6.45, 7) is 3.87. The molecule has 0 aliphatic rings. The van der Waals surface area contributed by atoms with Crippen molar-refractivity contribution in [2.45, 2.75) is 17.9 Å². The number of sulfonamides is 1. The molecule has 0 fully saturated rings. The molecule has 21 heavy (non-hydrogen) atoms. The predicted molar refractivity (Wildman–Crippen MR) is 81.6 cm³/mol. The number of nitrogens with one attached hydrogen (secondary N) is 1. The van der Waals surface area contributed by atoms with Crippen molar-refractivity contribution in [3.8, 4) is 0 Å². The van der Waals surface area contributed by atoms with E-state index in [-0.39, 0.29) is 4.90 Å². The van der Waals surface area contributed by atoms with Gasteiger partial charge in [0.15, 0.2) is 0 Å². The number of hydrogen-bond acceptors (Lipinski definition) is 5. The van der Waals surface area contributed by atoms with Crippen LogP contribution in [0.15, 0.2) is 29.2 Å². The Morgan fingerprint density at radius 1 is 1.38 bits per heavy atom. The van der Waals surface area contributed by atoms with Crippen LogP contribution in [0.1, 0.15) is 18.6 Å². The molecule has 0 aliphatic carbocycles. The molecule has 1 aromatic carbocycles. The minimum Gasteiger partial charge on any atom is -0.389 e. The van der Waals surface area contributed by atoms with Crippen molar-refractivity contribution >= 4 is 10.0 Å². The fraction of sp³-hybridized carbons (Fsp3) is 0.571. The first-order valence-electron chi connectivity index (χ1n) is 6.82. The summed E-state index contributed by atoms with van der Waals surface area (Å²) in [7, 11) is -0.0167. The summed E-state index contributed by atoms with van der Waals surface area (Å²) >= 11 is 0. The number of aliphatic hydroxyl groups excluding tert-OH is 1. The molecule has 0 saturated carbocycles. The molecule has 7 heteroatoms. The number of methoxy groups -OCH3 is 1. The molecule has 0 heterocycles. The second-order valence-electron chi connectivity index (χ2n) is 4.94. The molecule has 1 unspecified atom stereocenters. The Balaban J connectivity index is 2.59. The van der Waals surface area contributed by atoms with Crippen LogP contribution in [0.4, 0.5) is 0 Å². The van der Waals surface area contributed by atoms with Crippen LogP contribution in [-0.4, -0.2) is 58.8 Å². The Kier molecular flexibility index (Phi) is 7.27. The van der Waals surface area contributed by atoms with Crippen molar-refractivity contribution in [1.29, 1.82) is 0 Å². The lowest BCUT2D eigenvalue weighted by Crippen LogP contribution is -2.34. The molecule has 6 nitrogen and oxygen atoms in total. The number of ether oxygens (including phenoxy) is 1. The van der Waals surface area contributed by atoms with E-state index in [0.717, 1.165) is 6.54 Å². The van der Waals surface area contributed by atoms with E-state index in [4.69, 9.17) is 4.74 Å². The Hall–Kier alpha value is -0.990. The monoisotopic (exact) mass is 316 g/mol. The van der Waals surface area contributed by atoms with Crippen molar-refractivity contribution < 1.29 is 18.3 Å². The van der Waals surface area contributed by atoms with E-state index < -0.39 is 16.1 Å². The topological polar surface area (TPSA) is 78.9 Å². The van der Waals surface area contributed by atoms with E-state index >= 15 is 0 Å². The van der Waals surface area contributed by atoms with Crippen molar-refractivity contribution in [1.82, 2.24) is 9.62 Å². The first-order valence-corrected chi connectivity index (χ1v) is 8.30. The second kappa shape index (κ2) is 8.45. The molecule has 0 saturated heterocycles. The maximum Gasteiger partial charge on any atom is 0.240 e. The van der Waals surface area contributed by atoms with E-state index in [0.29, 0.717) is 25.3 Å². The zero-order valence-electron chi connectivity index (χ0n) is 12.7. The van der Waals surface area contributed by atoms with Crippen LogP contribution in [0.5, 0.6) is 0 Å². The zero-order valence-corrected chi connectivity index (χ0v) is 13.6. The van der Waals surface area contributed by atoms with Gasteiger partial charge in [0, 0.05) is 26.7 Å². The van der Waals surface area contributed by atoms with E-state index in [2.05, 4.69) is 4.72 Å². The van der Waals surface area contributed by atoms with Crippen LogP contribution >= 0.6 is 0 Å². The van der Waals surface area contributed by atoms with Gasteiger partial charge < -0.3 is 14.7 Å². The summed E-state index contributed by atoms with van der Waals surface area (Å²) in [5, 5.41) is 9.51. The maximum atomic E-state index is 12.2. The van der Waals surface area contributed by atoms with E-state index in [1.165, 1.54) is 12.1 Å². The Morgan fingerprint density at radius 2 is 2.10 bits per heavy atom. The number of hydrogen-bond donors (Lipinski definition) is 2. The average molecular weight is 316 g/mol. The Morgan fingerprint density at radius 3 is 2.71 bits per heavy atom. The SMILES string of the molecule is COCCN(C)CCNS(=O)(=O)c1cccc(C(C)O)c1. The summed E-state index contributed by atoms with van der Waals surface area (Å²) in [6, 6.07) is 6.33. The molecule has 2 N–H and O–H groups in total. The standard InChI is InChI=1S/C14H24N2O4S/c1-12(17)13-5-4-6-14(11-13)21(18,19)15-7-8-16(2)9-10-20-3/h4-6,11-12,15,17H,7-10H2,1-3H3. The normalized spacial score (nSPS) is 13.6. The van der Waals surface area contributed by atoms with Gasteiger partial charge in [-0.15, -0.1) is 0 Å². The van der Waals surface area contributed by atoms with Crippen molar-refractivity contribution in [2.24, 2.45) is 0 Å². The molecular weight excluding hydrogens is 292 g/mol. The van der Waals surface area contributed by atoms with Gasteiger partial charge in [-0.25, -0.2) is 13.1 Å².